The van der Waals surface area contributed by atoms with Crippen molar-refractivity contribution < 1.29 is 19.4 Å². The van der Waals surface area contributed by atoms with Crippen LogP contribution in [0.3, 0.4) is 0 Å². The summed E-state index contributed by atoms with van der Waals surface area (Å²) in [5, 5.41) is 23.2. The van der Waals surface area contributed by atoms with Gasteiger partial charge in [-0.25, -0.2) is 4.90 Å². The van der Waals surface area contributed by atoms with Crippen LogP contribution in [0.25, 0.3) is 0 Å². The van der Waals surface area contributed by atoms with Crippen LogP contribution in [-0.4, -0.2) is 34.8 Å². The second kappa shape index (κ2) is 6.97. The van der Waals surface area contributed by atoms with Gasteiger partial charge in [0.2, 0.25) is 0 Å². The Morgan fingerprint density at radius 3 is 1.79 bits per heavy atom. The van der Waals surface area contributed by atoms with E-state index in [1.807, 2.05) is 0 Å². The molecule has 0 N–H and O–H groups in total. The van der Waals surface area contributed by atoms with Crippen molar-refractivity contribution in [3.8, 4) is 0 Å². The summed E-state index contributed by atoms with van der Waals surface area (Å²) in [5.41, 5.74) is -0.875. The minimum atomic E-state index is -0.814. The zero-order chi connectivity index (χ0) is 20.7. The predicted molar refractivity (Wildman–Crippen MR) is 103 cm³/mol. The summed E-state index contributed by atoms with van der Waals surface area (Å²) < 4.78 is 0. The molecule has 0 atom stereocenters. The topological polar surface area (TPSA) is 127 Å². The number of carbonyl (C=O) groups excluding carboxylic acids is 2. The maximum absolute atomic E-state index is 12.8. The third kappa shape index (κ3) is 2.98. The molecule has 1 fully saturated rings. The summed E-state index contributed by atoms with van der Waals surface area (Å²) in [4.78, 5) is 49.9. The number of piperidine rings is 1. The van der Waals surface area contributed by atoms with E-state index in [0.29, 0.717) is 13.1 Å². The molecule has 0 unspecified atom stereocenters. The Balaban J connectivity index is 1.91. The van der Waals surface area contributed by atoms with Gasteiger partial charge in [0.25, 0.3) is 23.2 Å². The Bertz CT molecular complexity index is 1030. The van der Waals surface area contributed by atoms with Crippen LogP contribution in [0, 0.1) is 20.2 Å². The quantitative estimate of drug-likeness (QED) is 0.441. The van der Waals surface area contributed by atoms with Crippen molar-refractivity contribution in [2.45, 2.75) is 19.3 Å². The van der Waals surface area contributed by atoms with E-state index in [1.165, 1.54) is 18.2 Å². The van der Waals surface area contributed by atoms with Gasteiger partial charge in [-0.05, 0) is 37.5 Å². The number of carbonyl (C=O) groups is 2. The maximum atomic E-state index is 12.8. The monoisotopic (exact) mass is 396 g/mol. The number of nitro benzene ring substituents is 2. The van der Waals surface area contributed by atoms with Crippen LogP contribution in [0.4, 0.5) is 22.7 Å². The van der Waals surface area contributed by atoms with Gasteiger partial charge in [0.05, 0.1) is 27.0 Å². The first-order valence-electron chi connectivity index (χ1n) is 9.09. The molecule has 2 aromatic rings. The van der Waals surface area contributed by atoms with Gasteiger partial charge in [-0.2, -0.15) is 0 Å². The Morgan fingerprint density at radius 2 is 1.28 bits per heavy atom. The fourth-order valence-electron chi connectivity index (χ4n) is 3.82. The molecule has 0 spiro atoms. The zero-order valence-electron chi connectivity index (χ0n) is 15.2. The largest absolute Gasteiger partial charge is 0.366 e. The number of imide groups is 1. The van der Waals surface area contributed by atoms with E-state index in [0.717, 1.165) is 30.2 Å². The molecule has 0 aliphatic carbocycles. The number of nitrogens with zero attached hydrogens (tertiary/aromatic N) is 4. The molecule has 2 heterocycles. The summed E-state index contributed by atoms with van der Waals surface area (Å²) in [6, 6.07) is 8.19. The molecular weight excluding hydrogens is 380 g/mol. The number of nitro groups is 2. The minimum Gasteiger partial charge on any atom is -0.366 e. The molecule has 29 heavy (non-hydrogen) atoms. The van der Waals surface area contributed by atoms with Crippen LogP contribution in [0.1, 0.15) is 40.0 Å². The molecule has 0 radical (unpaired) electrons. The molecule has 4 rings (SSSR count). The zero-order valence-corrected chi connectivity index (χ0v) is 15.2. The molecule has 2 aromatic carbocycles. The van der Waals surface area contributed by atoms with Gasteiger partial charge in [0.15, 0.2) is 0 Å². The van der Waals surface area contributed by atoms with Crippen LogP contribution in [-0.2, 0) is 0 Å². The number of benzene rings is 2. The van der Waals surface area contributed by atoms with Crippen molar-refractivity contribution in [2.75, 3.05) is 22.9 Å². The second-order valence-electron chi connectivity index (χ2n) is 6.88. The van der Waals surface area contributed by atoms with Crippen LogP contribution >= 0.6 is 0 Å². The van der Waals surface area contributed by atoms with Gasteiger partial charge in [-0.3, -0.25) is 29.8 Å². The average Bonchev–Trinajstić information content (AvgIpc) is 2.98. The molecule has 148 valence electrons. The van der Waals surface area contributed by atoms with Gasteiger partial charge in [-0.15, -0.1) is 0 Å². The predicted octanol–water partition coefficient (Wildman–Crippen LogP) is 3.29. The minimum absolute atomic E-state index is 0.143. The Hall–Kier alpha value is -3.82. The van der Waals surface area contributed by atoms with Crippen molar-refractivity contribution in [3.63, 3.8) is 0 Å². The standard InChI is InChI=1S/C19H16N4O6/c24-18-12-6-2-3-7-13(12)19(25)21(18)15-10-14(20-8-4-1-5-9-20)16(22(26)27)11-17(15)23(28)29/h2-3,6-7,10-11H,1,4-5,8-9H2. The van der Waals surface area contributed by atoms with Gasteiger partial charge >= 0.3 is 0 Å². The summed E-state index contributed by atoms with van der Waals surface area (Å²) in [6.07, 6.45) is 2.65. The molecule has 2 aliphatic heterocycles. The molecule has 2 amide bonds. The highest BCUT2D eigenvalue weighted by molar-refractivity contribution is 6.35. The van der Waals surface area contributed by atoms with E-state index >= 15 is 0 Å². The fraction of sp³-hybridized carbons (Fsp3) is 0.263. The average molecular weight is 396 g/mol. The lowest BCUT2D eigenvalue weighted by atomic mass is 10.1. The van der Waals surface area contributed by atoms with Crippen molar-refractivity contribution in [1.29, 1.82) is 0 Å². The number of amides is 2. The number of rotatable bonds is 4. The van der Waals surface area contributed by atoms with Gasteiger partial charge in [0, 0.05) is 13.1 Å². The first kappa shape index (κ1) is 18.5. The van der Waals surface area contributed by atoms with E-state index in [-0.39, 0.29) is 22.5 Å². The van der Waals surface area contributed by atoms with Crippen LogP contribution in [0.2, 0.25) is 0 Å². The summed E-state index contributed by atoms with van der Waals surface area (Å²) >= 11 is 0. The van der Waals surface area contributed by atoms with Crippen molar-refractivity contribution in [1.82, 2.24) is 0 Å². The molecule has 0 bridgehead atoms. The van der Waals surface area contributed by atoms with E-state index < -0.39 is 33.0 Å². The molecule has 0 aromatic heterocycles. The lowest BCUT2D eigenvalue weighted by Gasteiger charge is -2.29. The highest BCUT2D eigenvalue weighted by Crippen LogP contribution is 2.43. The summed E-state index contributed by atoms with van der Waals surface area (Å²) in [7, 11) is 0. The third-order valence-electron chi connectivity index (χ3n) is 5.20. The van der Waals surface area contributed by atoms with E-state index in [4.69, 9.17) is 0 Å². The van der Waals surface area contributed by atoms with E-state index in [1.54, 1.807) is 17.0 Å². The van der Waals surface area contributed by atoms with Crippen molar-refractivity contribution in [3.05, 3.63) is 67.8 Å². The Kier molecular flexibility index (Phi) is 4.45. The van der Waals surface area contributed by atoms with Crippen LogP contribution in [0.15, 0.2) is 36.4 Å². The van der Waals surface area contributed by atoms with Crippen molar-refractivity contribution >= 4 is 34.6 Å². The van der Waals surface area contributed by atoms with E-state index in [2.05, 4.69) is 0 Å². The van der Waals surface area contributed by atoms with Crippen LogP contribution < -0.4 is 9.80 Å². The first-order chi connectivity index (χ1) is 13.9. The second-order valence-corrected chi connectivity index (χ2v) is 6.88. The highest BCUT2D eigenvalue weighted by Gasteiger charge is 2.41. The third-order valence-corrected chi connectivity index (χ3v) is 5.20. The molecule has 1 saturated heterocycles. The first-order valence-corrected chi connectivity index (χ1v) is 9.09. The fourth-order valence-corrected chi connectivity index (χ4v) is 3.82. The highest BCUT2D eigenvalue weighted by atomic mass is 16.6. The van der Waals surface area contributed by atoms with Gasteiger partial charge in [0.1, 0.15) is 11.4 Å². The molecule has 0 saturated carbocycles. The molecular formula is C19H16N4O6. The van der Waals surface area contributed by atoms with Crippen molar-refractivity contribution in [2.24, 2.45) is 0 Å². The SMILES string of the molecule is O=C1c2ccccc2C(=O)N1c1cc(N2CCCCC2)c([N+](=O)[O-])cc1[N+](=O)[O-]. The van der Waals surface area contributed by atoms with Gasteiger partial charge in [-0.1, -0.05) is 12.1 Å². The number of fused-ring (bicyclic) bond motifs is 1. The molecule has 2 aliphatic rings. The maximum Gasteiger partial charge on any atom is 0.300 e. The Labute approximate surface area is 164 Å². The molecule has 10 heteroatoms. The normalized spacial score (nSPS) is 16.1. The number of hydrogen-bond donors (Lipinski definition) is 0. The van der Waals surface area contributed by atoms with Gasteiger partial charge < -0.3 is 4.90 Å². The van der Waals surface area contributed by atoms with Crippen LogP contribution in [0.5, 0.6) is 0 Å². The molecule has 10 nitrogen and oxygen atoms in total. The summed E-state index contributed by atoms with van der Waals surface area (Å²) in [6.45, 7) is 1.11. The Morgan fingerprint density at radius 1 is 0.759 bits per heavy atom. The number of hydrogen-bond acceptors (Lipinski definition) is 7. The lowest BCUT2D eigenvalue weighted by Crippen LogP contribution is -2.32. The van der Waals surface area contributed by atoms with E-state index in [9.17, 15) is 29.8 Å². The smallest absolute Gasteiger partial charge is 0.300 e. The number of anilines is 2. The summed E-state index contributed by atoms with van der Waals surface area (Å²) in [5.74, 6) is -1.38. The lowest BCUT2D eigenvalue weighted by molar-refractivity contribution is -0.393.